The van der Waals surface area contributed by atoms with E-state index >= 15 is 4.39 Å². The van der Waals surface area contributed by atoms with Crippen molar-refractivity contribution in [3.05, 3.63) is 112 Å². The fourth-order valence-corrected chi connectivity index (χ4v) is 6.05. The Kier molecular flexibility index (Phi) is 13.7. The maximum Gasteiger partial charge on any atom is 0.418 e. The summed E-state index contributed by atoms with van der Waals surface area (Å²) in [5, 5.41) is 27.9. The van der Waals surface area contributed by atoms with E-state index in [4.69, 9.17) is 14.7 Å². The van der Waals surface area contributed by atoms with Gasteiger partial charge in [0.2, 0.25) is 12.6 Å². The van der Waals surface area contributed by atoms with E-state index in [-0.39, 0.29) is 49.3 Å². The van der Waals surface area contributed by atoms with Crippen molar-refractivity contribution in [1.82, 2.24) is 19.7 Å². The van der Waals surface area contributed by atoms with Gasteiger partial charge in [-0.25, -0.2) is 23.5 Å². The molecule has 0 radical (unpaired) electrons. The van der Waals surface area contributed by atoms with Gasteiger partial charge in [0, 0.05) is 60.2 Å². The Bertz CT molecular complexity index is 2020. The average molecular weight is 761 g/mol. The Morgan fingerprint density at radius 2 is 1.90 bits per heavy atom. The Labute approximate surface area is 308 Å². The topological polar surface area (TPSA) is 147 Å². The molecule has 1 amide bonds. The first-order chi connectivity index (χ1) is 23.4. The Hall–Kier alpha value is -5.01. The highest BCUT2D eigenvalue weighted by Gasteiger charge is 2.43. The largest absolute Gasteiger partial charge is 1.00 e. The number of carbonyl (C=O) groups is 2. The predicted octanol–water partition coefficient (Wildman–Crippen LogP) is 2.81. The molecular formula is C34H33Cl2F2N7O5S. The maximum atomic E-state index is 15.3. The van der Waals surface area contributed by atoms with Crippen LogP contribution in [0.2, 0.25) is 0 Å². The molecule has 0 saturated carbocycles. The lowest BCUT2D eigenvalue weighted by Gasteiger charge is -2.32. The molecule has 17 heteroatoms. The highest BCUT2D eigenvalue weighted by molar-refractivity contribution is 7.10. The fourth-order valence-electron chi connectivity index (χ4n) is 5.08. The quantitative estimate of drug-likeness (QED) is 0.159. The predicted molar refractivity (Wildman–Crippen MR) is 180 cm³/mol. The van der Waals surface area contributed by atoms with Crippen LogP contribution in [0.15, 0.2) is 78.8 Å². The van der Waals surface area contributed by atoms with Gasteiger partial charge in [-0.15, -0.1) is 28.4 Å². The molecule has 2 aromatic carbocycles. The van der Waals surface area contributed by atoms with Gasteiger partial charge in [0.25, 0.3) is 6.33 Å². The molecule has 0 spiro atoms. The van der Waals surface area contributed by atoms with Crippen LogP contribution in [-0.4, -0.2) is 44.0 Å². The smallest absolute Gasteiger partial charge is 0.418 e. The van der Waals surface area contributed by atoms with Crippen molar-refractivity contribution in [2.75, 3.05) is 11.9 Å². The first-order valence-electron chi connectivity index (χ1n) is 15.0. The molecule has 0 bridgehead atoms. The molecule has 3 heterocycles. The van der Waals surface area contributed by atoms with Crippen LogP contribution in [0, 0.1) is 23.0 Å². The second-order valence-electron chi connectivity index (χ2n) is 11.2. The molecule has 1 unspecified atom stereocenters. The number of ether oxygens (including phenoxy) is 2. The lowest BCUT2D eigenvalue weighted by molar-refractivity contribution is -0.753. The number of pyridine rings is 1. The van der Waals surface area contributed by atoms with Crippen LogP contribution in [0.3, 0.4) is 0 Å². The van der Waals surface area contributed by atoms with Crippen LogP contribution >= 0.6 is 23.7 Å². The van der Waals surface area contributed by atoms with Crippen molar-refractivity contribution >= 4 is 41.6 Å². The summed E-state index contributed by atoms with van der Waals surface area (Å²) in [6.07, 6.45) is 2.66. The number of benzene rings is 2. The SMILES string of the molecule is CC(=O)OCc1cccnc1N(C)C(=O)OC(C)[n+]1cnn(C[C@](O)(c2cc(F)ccc2F)[C@H](C)c2nc(-c3ccc(C#N)cc3)cs2)c1.Cl.[Cl-]. The molecular weight excluding hydrogens is 727 g/mol. The summed E-state index contributed by atoms with van der Waals surface area (Å²) in [6.45, 7) is 4.13. The molecule has 5 rings (SSSR count). The van der Waals surface area contributed by atoms with Crippen molar-refractivity contribution in [2.45, 2.75) is 51.7 Å². The number of carbonyl (C=O) groups excluding carboxylic acids is 2. The van der Waals surface area contributed by atoms with Gasteiger partial charge in [-0.1, -0.05) is 25.1 Å². The number of aliphatic hydroxyl groups is 1. The summed E-state index contributed by atoms with van der Waals surface area (Å²) < 4.78 is 43.2. The third-order valence-electron chi connectivity index (χ3n) is 7.90. The summed E-state index contributed by atoms with van der Waals surface area (Å²) in [7, 11) is 1.46. The molecule has 5 aromatic rings. The summed E-state index contributed by atoms with van der Waals surface area (Å²) in [6, 6.07) is 15.1. The average Bonchev–Trinajstić information content (AvgIpc) is 3.78. The van der Waals surface area contributed by atoms with Gasteiger partial charge < -0.3 is 27.0 Å². The van der Waals surface area contributed by atoms with Crippen LogP contribution in [0.25, 0.3) is 11.3 Å². The zero-order valence-electron chi connectivity index (χ0n) is 27.7. The molecule has 51 heavy (non-hydrogen) atoms. The monoisotopic (exact) mass is 759 g/mol. The van der Waals surface area contributed by atoms with E-state index in [1.54, 1.807) is 55.6 Å². The number of nitriles is 1. The lowest BCUT2D eigenvalue weighted by atomic mass is 9.82. The van der Waals surface area contributed by atoms with Crippen molar-refractivity contribution in [3.8, 4) is 17.3 Å². The number of hydrogen-bond donors (Lipinski definition) is 1. The number of esters is 1. The molecule has 3 aromatic heterocycles. The minimum Gasteiger partial charge on any atom is -1.00 e. The minimum absolute atomic E-state index is 0. The number of halogens is 4. The number of nitrogens with zero attached hydrogens (tertiary/aromatic N) is 7. The van der Waals surface area contributed by atoms with Gasteiger partial charge in [-0.3, -0.25) is 9.69 Å². The summed E-state index contributed by atoms with van der Waals surface area (Å²) >= 11 is 1.25. The van der Waals surface area contributed by atoms with Crippen molar-refractivity contribution < 1.29 is 49.9 Å². The van der Waals surface area contributed by atoms with E-state index in [0.29, 0.717) is 21.8 Å². The Morgan fingerprint density at radius 3 is 2.59 bits per heavy atom. The number of amides is 1. The molecule has 3 atom stereocenters. The molecule has 0 aliphatic rings. The van der Waals surface area contributed by atoms with Crippen LogP contribution in [-0.2, 0) is 33.0 Å². The van der Waals surface area contributed by atoms with Crippen LogP contribution in [0.5, 0.6) is 0 Å². The molecule has 0 aliphatic carbocycles. The van der Waals surface area contributed by atoms with Gasteiger partial charge in [-0.05, 0) is 36.4 Å². The standard InChI is InChI=1S/C34H32F2N7O5S.2ClH/c1-21(32-40-30(17-49-32)25-9-7-24(15-37)8-10-25)34(46,28-14-27(35)11-12-29(28)36)18-43-20-42(19-39-43)22(2)48-33(45)41(4)31-26(6-5-13-38-31)16-47-23(3)44;;/h5-14,17,19-22,46H,16,18H2,1-4H3;2*1H/q+1;;/p-1/t21-,22?,34-;;/m1../s1. The number of aromatic nitrogens is 5. The van der Waals surface area contributed by atoms with Gasteiger partial charge in [-0.2, -0.15) is 9.83 Å². The van der Waals surface area contributed by atoms with Gasteiger partial charge in [0.15, 0.2) is 0 Å². The van der Waals surface area contributed by atoms with E-state index in [2.05, 4.69) is 21.1 Å². The summed E-state index contributed by atoms with van der Waals surface area (Å²) in [5.41, 5.74) is 0.0217. The molecule has 1 N–H and O–H groups in total. The second-order valence-corrected chi connectivity index (χ2v) is 12.1. The van der Waals surface area contributed by atoms with Gasteiger partial charge in [0.05, 0.1) is 22.3 Å². The zero-order valence-corrected chi connectivity index (χ0v) is 30.1. The third-order valence-corrected chi connectivity index (χ3v) is 8.92. The highest BCUT2D eigenvalue weighted by Crippen LogP contribution is 2.41. The first-order valence-corrected chi connectivity index (χ1v) is 15.9. The highest BCUT2D eigenvalue weighted by atomic mass is 35.5. The van der Waals surface area contributed by atoms with E-state index < -0.39 is 41.4 Å². The Morgan fingerprint density at radius 1 is 1.18 bits per heavy atom. The van der Waals surface area contributed by atoms with Crippen molar-refractivity contribution in [2.24, 2.45) is 0 Å². The van der Waals surface area contributed by atoms with E-state index in [0.717, 1.165) is 23.8 Å². The summed E-state index contributed by atoms with van der Waals surface area (Å²) in [4.78, 5) is 34.4. The molecule has 0 fully saturated rings. The fraction of sp³-hybridized carbons (Fsp3) is 0.265. The molecule has 268 valence electrons. The number of rotatable bonds is 11. The summed E-state index contributed by atoms with van der Waals surface area (Å²) in [5.74, 6) is -2.64. The maximum absolute atomic E-state index is 15.3. The molecule has 0 aliphatic heterocycles. The van der Waals surface area contributed by atoms with Gasteiger partial charge >= 0.3 is 12.1 Å². The van der Waals surface area contributed by atoms with Crippen molar-refractivity contribution in [3.63, 3.8) is 0 Å². The minimum atomic E-state index is -2.03. The van der Waals surface area contributed by atoms with Crippen molar-refractivity contribution in [1.29, 1.82) is 5.26 Å². The molecule has 0 saturated heterocycles. The zero-order chi connectivity index (χ0) is 35.3. The van der Waals surface area contributed by atoms with E-state index in [1.807, 2.05) is 0 Å². The normalized spacial score (nSPS) is 13.0. The van der Waals surface area contributed by atoms with Crippen LogP contribution < -0.4 is 21.9 Å². The Balaban J connectivity index is 0.00000351. The van der Waals surface area contributed by atoms with E-state index in [1.165, 1.54) is 58.3 Å². The van der Waals surface area contributed by atoms with E-state index in [9.17, 15) is 19.1 Å². The van der Waals surface area contributed by atoms with Crippen LogP contribution in [0.4, 0.5) is 19.4 Å². The number of anilines is 1. The molecule has 12 nitrogen and oxygen atoms in total. The second kappa shape index (κ2) is 17.3. The number of thiazole rings is 1. The lowest BCUT2D eigenvalue weighted by Crippen LogP contribution is -3.00. The third kappa shape index (κ3) is 9.21. The van der Waals surface area contributed by atoms with Crippen LogP contribution in [0.1, 0.15) is 54.6 Å². The number of hydrogen-bond acceptors (Lipinski definition) is 10. The van der Waals surface area contributed by atoms with Gasteiger partial charge in [0.1, 0.15) is 36.2 Å². The first kappa shape index (κ1) is 40.4.